The molecule has 3 N–H and O–H groups in total. The van der Waals surface area contributed by atoms with Gasteiger partial charge in [-0.1, -0.05) is 42.5 Å². The predicted molar refractivity (Wildman–Crippen MR) is 67.0 cm³/mol. The molecule has 20 heavy (non-hydrogen) atoms. The molecule has 0 aliphatic rings. The molecule has 0 spiro atoms. The van der Waals surface area contributed by atoms with Gasteiger partial charge in [-0.15, -0.1) is 0 Å². The van der Waals surface area contributed by atoms with E-state index in [1.807, 2.05) is 0 Å². The van der Waals surface area contributed by atoms with Crippen molar-refractivity contribution in [2.24, 2.45) is 5.84 Å². The number of hydrogen-bond donors (Lipinski definition) is 2. The van der Waals surface area contributed by atoms with Gasteiger partial charge in [0, 0.05) is 5.56 Å². The van der Waals surface area contributed by atoms with Crippen LogP contribution in [0.4, 0.5) is 17.6 Å². The fourth-order valence-corrected chi connectivity index (χ4v) is 2.00. The summed E-state index contributed by atoms with van der Waals surface area (Å²) in [5.74, 6) is 4.05. The van der Waals surface area contributed by atoms with Crippen molar-refractivity contribution in [1.29, 1.82) is 0 Å². The van der Waals surface area contributed by atoms with E-state index < -0.39 is 23.6 Å². The fraction of sp³-hybridized carbons (Fsp3) is 0.143. The number of hydrogen-bond acceptors (Lipinski definition) is 2. The quantitative estimate of drug-likeness (QED) is 0.515. The van der Waals surface area contributed by atoms with Crippen molar-refractivity contribution in [2.75, 3.05) is 0 Å². The summed E-state index contributed by atoms with van der Waals surface area (Å²) in [6, 6.07) is 10.8. The molecular formula is C14H12F4N2. The maximum absolute atomic E-state index is 14.1. The Morgan fingerprint density at radius 2 is 1.60 bits per heavy atom. The summed E-state index contributed by atoms with van der Waals surface area (Å²) in [6.45, 7) is 0. The third-order valence-electron chi connectivity index (χ3n) is 2.94. The topological polar surface area (TPSA) is 38.0 Å². The summed E-state index contributed by atoms with van der Waals surface area (Å²) < 4.78 is 52.2. The second kappa shape index (κ2) is 5.60. The minimum atomic E-state index is -4.74. The first-order valence-corrected chi connectivity index (χ1v) is 5.82. The van der Waals surface area contributed by atoms with Gasteiger partial charge in [-0.25, -0.2) is 9.82 Å². The Bertz CT molecular complexity index is 581. The number of nitrogens with one attached hydrogen (secondary N) is 1. The van der Waals surface area contributed by atoms with Crippen LogP contribution in [0.2, 0.25) is 0 Å². The predicted octanol–water partition coefficient (Wildman–Crippen LogP) is 3.40. The molecule has 0 fully saturated rings. The van der Waals surface area contributed by atoms with Crippen molar-refractivity contribution in [2.45, 2.75) is 12.2 Å². The van der Waals surface area contributed by atoms with Crippen molar-refractivity contribution in [3.05, 3.63) is 71.0 Å². The Hall–Kier alpha value is -1.92. The van der Waals surface area contributed by atoms with Gasteiger partial charge in [0.25, 0.3) is 0 Å². The molecule has 2 aromatic rings. The maximum Gasteiger partial charge on any atom is 0.419 e. The molecule has 2 rings (SSSR count). The first-order valence-electron chi connectivity index (χ1n) is 5.82. The van der Waals surface area contributed by atoms with Crippen LogP contribution in [0.1, 0.15) is 22.7 Å². The average Bonchev–Trinajstić information content (AvgIpc) is 2.41. The molecule has 0 bridgehead atoms. The second-order valence-corrected chi connectivity index (χ2v) is 4.22. The van der Waals surface area contributed by atoms with Gasteiger partial charge in [-0.2, -0.15) is 13.2 Å². The van der Waals surface area contributed by atoms with E-state index in [1.165, 1.54) is 6.07 Å². The molecule has 0 radical (unpaired) electrons. The molecule has 0 heterocycles. The van der Waals surface area contributed by atoms with Crippen molar-refractivity contribution >= 4 is 0 Å². The van der Waals surface area contributed by atoms with Gasteiger partial charge in [0.05, 0.1) is 11.6 Å². The highest BCUT2D eigenvalue weighted by Gasteiger charge is 2.35. The van der Waals surface area contributed by atoms with Crippen LogP contribution in [0.25, 0.3) is 0 Å². The molecular weight excluding hydrogens is 272 g/mol. The highest BCUT2D eigenvalue weighted by atomic mass is 19.4. The van der Waals surface area contributed by atoms with E-state index in [4.69, 9.17) is 5.84 Å². The molecule has 6 heteroatoms. The van der Waals surface area contributed by atoms with Crippen molar-refractivity contribution < 1.29 is 17.6 Å². The summed E-state index contributed by atoms with van der Waals surface area (Å²) in [7, 11) is 0. The van der Waals surface area contributed by atoms with Gasteiger partial charge in [-0.3, -0.25) is 5.84 Å². The zero-order valence-corrected chi connectivity index (χ0v) is 10.3. The van der Waals surface area contributed by atoms with E-state index in [0.717, 1.165) is 6.07 Å². The Labute approximate surface area is 113 Å². The lowest BCUT2D eigenvalue weighted by Crippen LogP contribution is -2.30. The normalized spacial score (nSPS) is 13.2. The minimum Gasteiger partial charge on any atom is -0.271 e. The summed E-state index contributed by atoms with van der Waals surface area (Å²) in [5, 5.41) is 0. The largest absolute Gasteiger partial charge is 0.419 e. The number of rotatable bonds is 3. The molecule has 1 unspecified atom stereocenters. The van der Waals surface area contributed by atoms with E-state index in [9.17, 15) is 17.6 Å². The SMILES string of the molecule is NNC(c1ccccc1)c1cccc(C(F)(F)F)c1F. The van der Waals surface area contributed by atoms with Crippen LogP contribution in [0.15, 0.2) is 48.5 Å². The van der Waals surface area contributed by atoms with Crippen LogP contribution in [0, 0.1) is 5.82 Å². The van der Waals surface area contributed by atoms with Crippen LogP contribution in [0.3, 0.4) is 0 Å². The molecule has 1 atom stereocenters. The monoisotopic (exact) mass is 284 g/mol. The number of alkyl halides is 3. The zero-order valence-electron chi connectivity index (χ0n) is 10.3. The third kappa shape index (κ3) is 2.81. The Morgan fingerprint density at radius 1 is 0.950 bits per heavy atom. The van der Waals surface area contributed by atoms with E-state index in [0.29, 0.717) is 11.6 Å². The van der Waals surface area contributed by atoms with Crippen LogP contribution >= 0.6 is 0 Å². The summed E-state index contributed by atoms with van der Waals surface area (Å²) in [4.78, 5) is 0. The maximum atomic E-state index is 14.1. The molecule has 2 nitrogen and oxygen atoms in total. The van der Waals surface area contributed by atoms with E-state index in [-0.39, 0.29) is 5.56 Å². The van der Waals surface area contributed by atoms with Gasteiger partial charge in [0.1, 0.15) is 5.82 Å². The highest BCUT2D eigenvalue weighted by molar-refractivity contribution is 5.36. The smallest absolute Gasteiger partial charge is 0.271 e. The van der Waals surface area contributed by atoms with Crippen LogP contribution in [-0.4, -0.2) is 0 Å². The van der Waals surface area contributed by atoms with E-state index in [2.05, 4.69) is 5.43 Å². The third-order valence-corrected chi connectivity index (χ3v) is 2.94. The standard InChI is InChI=1S/C14H12F4N2/c15-12-10(7-4-8-11(12)14(16,17)18)13(20-19)9-5-2-1-3-6-9/h1-8,13,20H,19H2. The van der Waals surface area contributed by atoms with Crippen LogP contribution < -0.4 is 11.3 Å². The van der Waals surface area contributed by atoms with Crippen molar-refractivity contribution in [3.63, 3.8) is 0 Å². The zero-order chi connectivity index (χ0) is 14.8. The molecule has 106 valence electrons. The van der Waals surface area contributed by atoms with Gasteiger partial charge >= 0.3 is 6.18 Å². The first kappa shape index (κ1) is 14.5. The lowest BCUT2D eigenvalue weighted by atomic mass is 9.97. The summed E-state index contributed by atoms with van der Waals surface area (Å²) in [6.07, 6.45) is -4.74. The molecule has 0 amide bonds. The van der Waals surface area contributed by atoms with Crippen LogP contribution in [-0.2, 0) is 6.18 Å². The number of halogens is 4. The van der Waals surface area contributed by atoms with E-state index in [1.54, 1.807) is 30.3 Å². The van der Waals surface area contributed by atoms with Gasteiger partial charge in [0.2, 0.25) is 0 Å². The molecule has 0 aliphatic carbocycles. The van der Waals surface area contributed by atoms with Gasteiger partial charge < -0.3 is 0 Å². The van der Waals surface area contributed by atoms with Gasteiger partial charge in [0.15, 0.2) is 0 Å². The molecule has 0 saturated heterocycles. The fourth-order valence-electron chi connectivity index (χ4n) is 2.00. The van der Waals surface area contributed by atoms with Crippen molar-refractivity contribution in [1.82, 2.24) is 5.43 Å². The van der Waals surface area contributed by atoms with E-state index >= 15 is 0 Å². The average molecular weight is 284 g/mol. The molecule has 0 aliphatic heterocycles. The first-order chi connectivity index (χ1) is 9.45. The van der Waals surface area contributed by atoms with Gasteiger partial charge in [-0.05, 0) is 11.6 Å². The lowest BCUT2D eigenvalue weighted by molar-refractivity contribution is -0.140. The Balaban J connectivity index is 2.52. The summed E-state index contributed by atoms with van der Waals surface area (Å²) >= 11 is 0. The summed E-state index contributed by atoms with van der Waals surface area (Å²) in [5.41, 5.74) is 1.48. The molecule has 0 saturated carbocycles. The van der Waals surface area contributed by atoms with Crippen LogP contribution in [0.5, 0.6) is 0 Å². The Kier molecular flexibility index (Phi) is 4.06. The molecule has 0 aromatic heterocycles. The second-order valence-electron chi connectivity index (χ2n) is 4.22. The lowest BCUT2D eigenvalue weighted by Gasteiger charge is -2.19. The van der Waals surface area contributed by atoms with Crippen molar-refractivity contribution in [3.8, 4) is 0 Å². The minimum absolute atomic E-state index is 0.145. The number of benzene rings is 2. The number of nitrogens with two attached hydrogens (primary N) is 1. The Morgan fingerprint density at radius 3 is 2.15 bits per heavy atom. The molecule has 2 aromatic carbocycles. The number of hydrazine groups is 1. The highest BCUT2D eigenvalue weighted by Crippen LogP contribution is 2.35.